The van der Waals surface area contributed by atoms with Crippen LogP contribution in [0.1, 0.15) is 22.2 Å². The van der Waals surface area contributed by atoms with Crippen molar-refractivity contribution in [1.82, 2.24) is 4.57 Å². The van der Waals surface area contributed by atoms with Crippen LogP contribution >= 0.6 is 11.3 Å². The number of nitrogens with zero attached hydrogens (tertiary/aromatic N) is 1. The van der Waals surface area contributed by atoms with Gasteiger partial charge in [-0.3, -0.25) is 14.2 Å². The lowest BCUT2D eigenvalue weighted by atomic mass is 10.1. The maximum absolute atomic E-state index is 13.4. The second-order valence-electron chi connectivity index (χ2n) is 6.32. The maximum atomic E-state index is 13.4. The van der Waals surface area contributed by atoms with Gasteiger partial charge in [0.1, 0.15) is 11.1 Å². The summed E-state index contributed by atoms with van der Waals surface area (Å²) in [4.78, 5) is 27.1. The quantitative estimate of drug-likeness (QED) is 0.469. The highest BCUT2D eigenvalue weighted by Crippen LogP contribution is 2.39. The maximum Gasteiger partial charge on any atom is 0.263 e. The number of hydrogen-bond acceptors (Lipinski definition) is 4. The minimum Gasteiger partial charge on any atom is -0.492 e. The third-order valence-corrected chi connectivity index (χ3v) is 5.73. The minimum absolute atomic E-state index is 0.000239. The number of hydrogen-bond donors (Lipinski definition) is 0. The van der Waals surface area contributed by atoms with E-state index in [1.54, 1.807) is 28.0 Å². The summed E-state index contributed by atoms with van der Waals surface area (Å²) < 4.78 is 8.26. The molecule has 0 saturated heterocycles. The SMILES string of the molecule is CCOc1c(C)sc2c1c(=O)n(CC(=O)c1ccccc1)c1ccccc21. The normalized spacial score (nSPS) is 11.2. The molecule has 0 saturated carbocycles. The van der Waals surface area contributed by atoms with E-state index in [1.807, 2.05) is 56.3 Å². The number of carbonyl (C=O) groups is 1. The molecule has 0 unspecified atom stereocenters. The van der Waals surface area contributed by atoms with Crippen LogP contribution in [-0.4, -0.2) is 17.0 Å². The molecule has 2 aromatic heterocycles. The van der Waals surface area contributed by atoms with Crippen molar-refractivity contribution in [2.24, 2.45) is 0 Å². The van der Waals surface area contributed by atoms with Crippen molar-refractivity contribution in [3.05, 3.63) is 75.4 Å². The first-order valence-electron chi connectivity index (χ1n) is 8.87. The molecule has 0 amide bonds. The molecular weight excluding hydrogens is 358 g/mol. The number of pyridine rings is 1. The molecule has 136 valence electrons. The van der Waals surface area contributed by atoms with Gasteiger partial charge in [0.15, 0.2) is 5.78 Å². The Bertz CT molecular complexity index is 1210. The van der Waals surface area contributed by atoms with Crippen molar-refractivity contribution in [2.45, 2.75) is 20.4 Å². The van der Waals surface area contributed by atoms with Gasteiger partial charge in [-0.05, 0) is 19.9 Å². The first-order chi connectivity index (χ1) is 13.1. The van der Waals surface area contributed by atoms with Crippen LogP contribution in [0.15, 0.2) is 59.4 Å². The third-order valence-electron chi connectivity index (χ3n) is 4.61. The van der Waals surface area contributed by atoms with Gasteiger partial charge in [0.05, 0.1) is 23.4 Å². The number of rotatable bonds is 5. The van der Waals surface area contributed by atoms with Gasteiger partial charge >= 0.3 is 0 Å². The summed E-state index contributed by atoms with van der Waals surface area (Å²) in [7, 11) is 0. The van der Waals surface area contributed by atoms with Gasteiger partial charge in [-0.1, -0.05) is 48.5 Å². The van der Waals surface area contributed by atoms with Crippen molar-refractivity contribution >= 4 is 38.1 Å². The van der Waals surface area contributed by atoms with Gasteiger partial charge in [0, 0.05) is 15.8 Å². The zero-order valence-corrected chi connectivity index (χ0v) is 16.0. The zero-order chi connectivity index (χ0) is 19.0. The van der Waals surface area contributed by atoms with Gasteiger partial charge in [0.2, 0.25) is 0 Å². The Morgan fingerprint density at radius 1 is 1.07 bits per heavy atom. The molecule has 0 bridgehead atoms. The predicted octanol–water partition coefficient (Wildman–Crippen LogP) is 4.81. The van der Waals surface area contributed by atoms with Gasteiger partial charge < -0.3 is 4.74 Å². The summed E-state index contributed by atoms with van der Waals surface area (Å²) in [5.74, 6) is 0.543. The number of Topliss-reactive ketones (excluding diaryl/α,β-unsaturated/α-hetero) is 1. The van der Waals surface area contributed by atoms with Crippen molar-refractivity contribution in [3.8, 4) is 5.75 Å². The van der Waals surface area contributed by atoms with E-state index in [1.165, 1.54) is 0 Å². The first kappa shape index (κ1) is 17.5. The molecule has 2 heterocycles. The minimum atomic E-state index is -0.180. The van der Waals surface area contributed by atoms with Crippen molar-refractivity contribution in [1.29, 1.82) is 0 Å². The van der Waals surface area contributed by atoms with E-state index in [0.717, 1.165) is 20.5 Å². The van der Waals surface area contributed by atoms with E-state index in [2.05, 4.69) is 0 Å². The number of aromatic nitrogens is 1. The molecule has 0 atom stereocenters. The molecule has 5 heteroatoms. The number of benzene rings is 2. The van der Waals surface area contributed by atoms with Crippen LogP contribution in [0.4, 0.5) is 0 Å². The lowest BCUT2D eigenvalue weighted by Gasteiger charge is -2.12. The van der Waals surface area contributed by atoms with E-state index >= 15 is 0 Å². The molecule has 0 N–H and O–H groups in total. The van der Waals surface area contributed by atoms with Crippen molar-refractivity contribution in [2.75, 3.05) is 6.61 Å². The van der Waals surface area contributed by atoms with Crippen LogP contribution < -0.4 is 10.3 Å². The monoisotopic (exact) mass is 377 g/mol. The summed E-state index contributed by atoms with van der Waals surface area (Å²) in [5.41, 5.74) is 1.18. The average molecular weight is 377 g/mol. The summed E-state index contributed by atoms with van der Waals surface area (Å²) in [5, 5.41) is 1.53. The number of para-hydroxylation sites is 1. The van der Waals surface area contributed by atoms with E-state index < -0.39 is 0 Å². The predicted molar refractivity (Wildman–Crippen MR) is 110 cm³/mol. The van der Waals surface area contributed by atoms with E-state index in [0.29, 0.717) is 23.3 Å². The highest BCUT2D eigenvalue weighted by molar-refractivity contribution is 7.20. The molecule has 0 aliphatic rings. The second kappa shape index (κ2) is 7.00. The van der Waals surface area contributed by atoms with Crippen LogP contribution in [0.2, 0.25) is 0 Å². The Morgan fingerprint density at radius 3 is 2.52 bits per heavy atom. The van der Waals surface area contributed by atoms with E-state index in [9.17, 15) is 9.59 Å². The molecule has 0 aliphatic carbocycles. The Balaban J connectivity index is 1.98. The van der Waals surface area contributed by atoms with Crippen LogP contribution in [0.25, 0.3) is 21.0 Å². The fourth-order valence-electron chi connectivity index (χ4n) is 3.39. The fourth-order valence-corrected chi connectivity index (χ4v) is 4.52. The summed E-state index contributed by atoms with van der Waals surface area (Å²) in [6.45, 7) is 4.35. The zero-order valence-electron chi connectivity index (χ0n) is 15.2. The molecule has 0 aliphatic heterocycles. The van der Waals surface area contributed by atoms with Gasteiger partial charge in [-0.25, -0.2) is 0 Å². The highest BCUT2D eigenvalue weighted by Gasteiger charge is 2.20. The number of fused-ring (bicyclic) bond motifs is 3. The van der Waals surface area contributed by atoms with Crippen molar-refractivity contribution < 1.29 is 9.53 Å². The average Bonchev–Trinajstić information content (AvgIpc) is 3.03. The Labute approximate surface area is 160 Å². The Kier molecular flexibility index (Phi) is 4.54. The smallest absolute Gasteiger partial charge is 0.263 e. The second-order valence-corrected chi connectivity index (χ2v) is 7.55. The summed E-state index contributed by atoms with van der Waals surface area (Å²) in [6, 6.07) is 16.8. The molecule has 4 nitrogen and oxygen atoms in total. The molecule has 27 heavy (non-hydrogen) atoms. The van der Waals surface area contributed by atoms with Crippen LogP contribution in [-0.2, 0) is 6.54 Å². The van der Waals surface area contributed by atoms with E-state index in [-0.39, 0.29) is 17.9 Å². The highest BCUT2D eigenvalue weighted by atomic mass is 32.1. The van der Waals surface area contributed by atoms with Gasteiger partial charge in [-0.2, -0.15) is 0 Å². The molecule has 4 aromatic rings. The molecule has 0 radical (unpaired) electrons. The molecule has 2 aromatic carbocycles. The van der Waals surface area contributed by atoms with Crippen LogP contribution in [0.3, 0.4) is 0 Å². The Morgan fingerprint density at radius 2 is 1.78 bits per heavy atom. The lowest BCUT2D eigenvalue weighted by Crippen LogP contribution is -2.25. The molecular formula is C22H19NO3S. The van der Waals surface area contributed by atoms with E-state index in [4.69, 9.17) is 4.74 Å². The summed E-state index contributed by atoms with van der Waals surface area (Å²) >= 11 is 1.56. The summed E-state index contributed by atoms with van der Waals surface area (Å²) in [6.07, 6.45) is 0. The van der Waals surface area contributed by atoms with Crippen LogP contribution in [0.5, 0.6) is 5.75 Å². The molecule has 0 spiro atoms. The van der Waals surface area contributed by atoms with Crippen LogP contribution in [0, 0.1) is 6.92 Å². The topological polar surface area (TPSA) is 48.3 Å². The van der Waals surface area contributed by atoms with Crippen molar-refractivity contribution in [3.63, 3.8) is 0 Å². The molecule has 0 fully saturated rings. The Hall–Kier alpha value is -2.92. The number of ether oxygens (including phenoxy) is 1. The number of carbonyl (C=O) groups excluding carboxylic acids is 1. The molecule has 4 rings (SSSR count). The fraction of sp³-hybridized carbons (Fsp3) is 0.182. The lowest BCUT2D eigenvalue weighted by molar-refractivity contribution is 0.0972. The number of ketones is 1. The number of aryl methyl sites for hydroxylation is 1. The number of thiophene rings is 1. The van der Waals surface area contributed by atoms with Gasteiger partial charge in [0.25, 0.3) is 5.56 Å². The van der Waals surface area contributed by atoms with Gasteiger partial charge in [-0.15, -0.1) is 11.3 Å². The third kappa shape index (κ3) is 2.94. The standard InChI is InChI=1S/C22H19NO3S/c1-3-26-20-14(2)27-21-16-11-7-8-12-17(16)23(22(25)19(20)21)13-18(24)15-9-5-4-6-10-15/h4-12H,3,13H2,1-2H3. The largest absolute Gasteiger partial charge is 0.492 e. The first-order valence-corrected chi connectivity index (χ1v) is 9.69.